The molecule has 0 heterocycles. The van der Waals surface area contributed by atoms with Gasteiger partial charge in [-0.2, -0.15) is 0 Å². The van der Waals surface area contributed by atoms with Gasteiger partial charge in [0, 0.05) is 18.3 Å². The van der Waals surface area contributed by atoms with Crippen LogP contribution in [0.1, 0.15) is 32.1 Å². The lowest BCUT2D eigenvalue weighted by atomic mass is 9.97. The zero-order chi connectivity index (χ0) is 15.1. The van der Waals surface area contributed by atoms with Crippen LogP contribution < -0.4 is 15.4 Å². The molecule has 0 aromatic heterocycles. The van der Waals surface area contributed by atoms with Gasteiger partial charge in [-0.05, 0) is 44.2 Å². The molecule has 1 aliphatic carbocycles. The van der Waals surface area contributed by atoms with Gasteiger partial charge in [-0.25, -0.2) is 9.18 Å². The van der Waals surface area contributed by atoms with Crippen molar-refractivity contribution in [2.75, 3.05) is 19.0 Å². The third kappa shape index (κ3) is 4.77. The van der Waals surface area contributed by atoms with E-state index in [-0.39, 0.29) is 11.8 Å². The Balaban J connectivity index is 1.76. The van der Waals surface area contributed by atoms with Crippen LogP contribution in [0.3, 0.4) is 0 Å². The van der Waals surface area contributed by atoms with Gasteiger partial charge in [0.05, 0.1) is 7.11 Å². The minimum atomic E-state index is -0.498. The third-order valence-corrected chi connectivity index (χ3v) is 3.53. The molecule has 0 atom stereocenters. The summed E-state index contributed by atoms with van der Waals surface area (Å²) < 4.78 is 18.3. The van der Waals surface area contributed by atoms with E-state index >= 15 is 0 Å². The SMILES string of the molecule is COc1ccc(NC(=O)NCCC2=CCCCC2)cc1F. The minimum Gasteiger partial charge on any atom is -0.494 e. The summed E-state index contributed by atoms with van der Waals surface area (Å²) in [6.45, 7) is 0.594. The molecule has 0 saturated carbocycles. The van der Waals surface area contributed by atoms with Crippen molar-refractivity contribution >= 4 is 11.7 Å². The largest absolute Gasteiger partial charge is 0.494 e. The first-order chi connectivity index (χ1) is 10.2. The maximum Gasteiger partial charge on any atom is 0.319 e. The molecule has 0 radical (unpaired) electrons. The standard InChI is InChI=1S/C16H21FN2O2/c1-21-15-8-7-13(11-14(15)17)19-16(20)18-10-9-12-5-3-2-4-6-12/h5,7-8,11H,2-4,6,9-10H2,1H3,(H2,18,19,20). The van der Waals surface area contributed by atoms with Gasteiger partial charge in [0.15, 0.2) is 11.6 Å². The number of allylic oxidation sites excluding steroid dienone is 1. The van der Waals surface area contributed by atoms with Crippen LogP contribution in [-0.2, 0) is 0 Å². The van der Waals surface area contributed by atoms with Crippen molar-refractivity contribution in [2.24, 2.45) is 0 Å². The van der Waals surface area contributed by atoms with Gasteiger partial charge in [-0.15, -0.1) is 0 Å². The number of nitrogens with one attached hydrogen (secondary N) is 2. The molecule has 5 heteroatoms. The Morgan fingerprint density at radius 1 is 1.38 bits per heavy atom. The maximum atomic E-state index is 13.5. The first-order valence-electron chi connectivity index (χ1n) is 7.25. The second-order valence-electron chi connectivity index (χ2n) is 5.09. The van der Waals surface area contributed by atoms with Crippen molar-refractivity contribution in [2.45, 2.75) is 32.1 Å². The topological polar surface area (TPSA) is 50.4 Å². The van der Waals surface area contributed by atoms with Crippen LogP contribution in [0.2, 0.25) is 0 Å². The first kappa shape index (κ1) is 15.4. The van der Waals surface area contributed by atoms with Crippen LogP contribution in [0.5, 0.6) is 5.75 Å². The number of amides is 2. The molecule has 0 saturated heterocycles. The predicted octanol–water partition coefficient (Wildman–Crippen LogP) is 3.85. The third-order valence-electron chi connectivity index (χ3n) is 3.53. The van der Waals surface area contributed by atoms with E-state index in [1.165, 1.54) is 37.7 Å². The lowest BCUT2D eigenvalue weighted by molar-refractivity contribution is 0.252. The van der Waals surface area contributed by atoms with E-state index in [1.54, 1.807) is 6.07 Å². The fraction of sp³-hybridized carbons (Fsp3) is 0.438. The highest BCUT2D eigenvalue weighted by Crippen LogP contribution is 2.21. The van der Waals surface area contributed by atoms with Gasteiger partial charge < -0.3 is 15.4 Å². The number of hydrogen-bond acceptors (Lipinski definition) is 2. The van der Waals surface area contributed by atoms with Crippen molar-refractivity contribution in [3.63, 3.8) is 0 Å². The number of rotatable bonds is 5. The Bertz CT molecular complexity index is 529. The molecule has 21 heavy (non-hydrogen) atoms. The zero-order valence-corrected chi connectivity index (χ0v) is 12.2. The van der Waals surface area contributed by atoms with Crippen LogP contribution in [0.25, 0.3) is 0 Å². The number of ether oxygens (including phenoxy) is 1. The number of urea groups is 1. The Morgan fingerprint density at radius 3 is 2.90 bits per heavy atom. The molecule has 114 valence electrons. The summed E-state index contributed by atoms with van der Waals surface area (Å²) in [7, 11) is 1.40. The number of halogens is 1. The van der Waals surface area contributed by atoms with E-state index in [2.05, 4.69) is 16.7 Å². The summed E-state index contributed by atoms with van der Waals surface area (Å²) in [5.41, 5.74) is 1.82. The molecule has 4 nitrogen and oxygen atoms in total. The van der Waals surface area contributed by atoms with Crippen LogP contribution in [0, 0.1) is 5.82 Å². The van der Waals surface area contributed by atoms with E-state index in [0.717, 1.165) is 19.3 Å². The summed E-state index contributed by atoms with van der Waals surface area (Å²) in [5, 5.41) is 5.39. The fourth-order valence-electron chi connectivity index (χ4n) is 2.39. The van der Waals surface area contributed by atoms with Crippen molar-refractivity contribution < 1.29 is 13.9 Å². The first-order valence-corrected chi connectivity index (χ1v) is 7.25. The van der Waals surface area contributed by atoms with E-state index < -0.39 is 5.82 Å². The van der Waals surface area contributed by atoms with Crippen molar-refractivity contribution in [3.8, 4) is 5.75 Å². The number of carbonyl (C=O) groups excluding carboxylic acids is 1. The molecule has 0 spiro atoms. The van der Waals surface area contributed by atoms with Crippen LogP contribution in [0.15, 0.2) is 29.8 Å². The van der Waals surface area contributed by atoms with Gasteiger partial charge in [-0.1, -0.05) is 11.6 Å². The summed E-state index contributed by atoms with van der Waals surface area (Å²) in [5.74, 6) is -0.340. The van der Waals surface area contributed by atoms with Crippen molar-refractivity contribution in [3.05, 3.63) is 35.7 Å². The molecule has 0 unspecified atom stereocenters. The summed E-state index contributed by atoms with van der Waals surface area (Å²) in [6.07, 6.45) is 7.93. The zero-order valence-electron chi connectivity index (χ0n) is 12.2. The lowest BCUT2D eigenvalue weighted by Crippen LogP contribution is -2.29. The highest BCUT2D eigenvalue weighted by atomic mass is 19.1. The van der Waals surface area contributed by atoms with Gasteiger partial charge in [0.2, 0.25) is 0 Å². The van der Waals surface area contributed by atoms with Gasteiger partial charge in [0.1, 0.15) is 0 Å². The highest BCUT2D eigenvalue weighted by Gasteiger charge is 2.07. The van der Waals surface area contributed by atoms with E-state index in [9.17, 15) is 9.18 Å². The normalized spacial score (nSPS) is 14.3. The maximum absolute atomic E-state index is 13.5. The van der Waals surface area contributed by atoms with Crippen LogP contribution >= 0.6 is 0 Å². The highest BCUT2D eigenvalue weighted by molar-refractivity contribution is 5.89. The number of carbonyl (C=O) groups is 1. The molecule has 1 aromatic rings. The number of hydrogen-bond donors (Lipinski definition) is 2. The molecule has 2 N–H and O–H groups in total. The van der Waals surface area contributed by atoms with E-state index in [1.807, 2.05) is 0 Å². The Hall–Kier alpha value is -2.04. The molecule has 2 rings (SSSR count). The average molecular weight is 292 g/mol. The average Bonchev–Trinajstić information content (AvgIpc) is 2.48. The molecule has 1 aliphatic rings. The van der Waals surface area contributed by atoms with Gasteiger partial charge in [0.25, 0.3) is 0 Å². The summed E-state index contributed by atoms with van der Waals surface area (Å²) in [4.78, 5) is 11.7. The Kier molecular flexibility index (Phi) is 5.60. The monoisotopic (exact) mass is 292 g/mol. The van der Waals surface area contributed by atoms with E-state index in [4.69, 9.17) is 4.74 Å². The Morgan fingerprint density at radius 2 is 2.24 bits per heavy atom. The van der Waals surface area contributed by atoms with Gasteiger partial charge in [-0.3, -0.25) is 0 Å². The minimum absolute atomic E-state index is 0.158. The second kappa shape index (κ2) is 7.67. The van der Waals surface area contributed by atoms with Gasteiger partial charge >= 0.3 is 6.03 Å². The van der Waals surface area contributed by atoms with E-state index in [0.29, 0.717) is 12.2 Å². The lowest BCUT2D eigenvalue weighted by Gasteiger charge is -2.13. The summed E-state index contributed by atoms with van der Waals surface area (Å²) >= 11 is 0. The number of methoxy groups -OCH3 is 1. The van der Waals surface area contributed by atoms with Crippen LogP contribution in [0.4, 0.5) is 14.9 Å². The molecule has 0 bridgehead atoms. The molecular weight excluding hydrogens is 271 g/mol. The smallest absolute Gasteiger partial charge is 0.319 e. The second-order valence-corrected chi connectivity index (χ2v) is 5.09. The Labute approximate surface area is 124 Å². The molecule has 1 aromatic carbocycles. The van der Waals surface area contributed by atoms with Crippen molar-refractivity contribution in [1.82, 2.24) is 5.32 Å². The molecular formula is C16H21FN2O2. The molecule has 2 amide bonds. The van der Waals surface area contributed by atoms with Crippen LogP contribution in [-0.4, -0.2) is 19.7 Å². The number of anilines is 1. The molecule has 0 fully saturated rings. The molecule has 0 aliphatic heterocycles. The predicted molar refractivity (Wildman–Crippen MR) is 81.1 cm³/mol. The fourth-order valence-corrected chi connectivity index (χ4v) is 2.39. The summed E-state index contributed by atoms with van der Waals surface area (Å²) in [6, 6.07) is 4.00. The quantitative estimate of drug-likeness (QED) is 0.810. The van der Waals surface area contributed by atoms with Crippen molar-refractivity contribution in [1.29, 1.82) is 0 Å². The number of benzene rings is 1.